The van der Waals surface area contributed by atoms with Crippen molar-refractivity contribution in [2.45, 2.75) is 58.6 Å². The van der Waals surface area contributed by atoms with Crippen LogP contribution in [0.25, 0.3) is 11.0 Å². The van der Waals surface area contributed by atoms with E-state index in [-0.39, 0.29) is 34.5 Å². The van der Waals surface area contributed by atoms with Gasteiger partial charge >= 0.3 is 5.69 Å². The van der Waals surface area contributed by atoms with Crippen molar-refractivity contribution in [2.75, 3.05) is 6.54 Å². The van der Waals surface area contributed by atoms with Crippen LogP contribution in [0.15, 0.2) is 39.9 Å². The SMILES string of the molecule is CCn1c(=O)[nH]c(=O)c2c(C(=O)NCCc3ccc(OC(C)C)cc3)cc(C3CC3)nc21. The molecule has 0 saturated heterocycles. The summed E-state index contributed by atoms with van der Waals surface area (Å²) in [5.74, 6) is 0.743. The zero-order chi connectivity index (χ0) is 22.8. The third-order valence-electron chi connectivity index (χ3n) is 5.52. The molecule has 0 radical (unpaired) electrons. The lowest BCUT2D eigenvalue weighted by Crippen LogP contribution is -2.33. The summed E-state index contributed by atoms with van der Waals surface area (Å²) in [6.45, 7) is 6.53. The molecule has 1 aliphatic carbocycles. The van der Waals surface area contributed by atoms with Gasteiger partial charge in [-0.1, -0.05) is 12.1 Å². The number of fused-ring (bicyclic) bond motifs is 1. The number of aromatic nitrogens is 3. The first-order valence-electron chi connectivity index (χ1n) is 11.1. The number of pyridine rings is 1. The van der Waals surface area contributed by atoms with Crippen molar-refractivity contribution in [1.29, 1.82) is 0 Å². The van der Waals surface area contributed by atoms with E-state index in [4.69, 9.17) is 4.74 Å². The smallest absolute Gasteiger partial charge is 0.329 e. The highest BCUT2D eigenvalue weighted by atomic mass is 16.5. The van der Waals surface area contributed by atoms with Gasteiger partial charge in [0.15, 0.2) is 5.65 Å². The van der Waals surface area contributed by atoms with E-state index in [1.807, 2.05) is 45.0 Å². The van der Waals surface area contributed by atoms with Crippen LogP contribution in [0, 0.1) is 0 Å². The number of carbonyl (C=O) groups excluding carboxylic acids is 1. The van der Waals surface area contributed by atoms with Crippen molar-refractivity contribution >= 4 is 16.9 Å². The lowest BCUT2D eigenvalue weighted by molar-refractivity contribution is 0.0955. The molecule has 4 rings (SSSR count). The predicted octanol–water partition coefficient (Wildman–Crippen LogP) is 2.74. The largest absolute Gasteiger partial charge is 0.491 e. The summed E-state index contributed by atoms with van der Waals surface area (Å²) in [7, 11) is 0. The van der Waals surface area contributed by atoms with Crippen LogP contribution in [0.1, 0.15) is 61.1 Å². The van der Waals surface area contributed by atoms with E-state index in [9.17, 15) is 14.4 Å². The van der Waals surface area contributed by atoms with Crippen molar-refractivity contribution in [3.63, 3.8) is 0 Å². The summed E-state index contributed by atoms with van der Waals surface area (Å²) >= 11 is 0. The van der Waals surface area contributed by atoms with E-state index in [1.165, 1.54) is 4.57 Å². The molecule has 2 heterocycles. The number of aryl methyl sites for hydroxylation is 1. The number of ether oxygens (including phenoxy) is 1. The van der Waals surface area contributed by atoms with E-state index < -0.39 is 11.2 Å². The summed E-state index contributed by atoms with van der Waals surface area (Å²) in [5.41, 5.74) is 1.27. The highest BCUT2D eigenvalue weighted by Gasteiger charge is 2.28. The second kappa shape index (κ2) is 8.98. The highest BCUT2D eigenvalue weighted by molar-refractivity contribution is 6.05. The van der Waals surface area contributed by atoms with Crippen LogP contribution < -0.4 is 21.3 Å². The Morgan fingerprint density at radius 2 is 1.97 bits per heavy atom. The maximum Gasteiger partial charge on any atom is 0.329 e. The first-order chi connectivity index (χ1) is 15.4. The summed E-state index contributed by atoms with van der Waals surface area (Å²) in [6.07, 6.45) is 2.75. The number of rotatable bonds is 8. The predicted molar refractivity (Wildman–Crippen MR) is 123 cm³/mol. The first-order valence-corrected chi connectivity index (χ1v) is 11.1. The molecule has 2 aromatic heterocycles. The fourth-order valence-corrected chi connectivity index (χ4v) is 3.78. The Balaban J connectivity index is 1.56. The summed E-state index contributed by atoms with van der Waals surface area (Å²) in [5, 5.41) is 3.07. The molecule has 168 valence electrons. The Hall–Kier alpha value is -3.42. The van der Waals surface area contributed by atoms with Gasteiger partial charge in [-0.15, -0.1) is 0 Å². The van der Waals surface area contributed by atoms with Crippen LogP contribution in [0.5, 0.6) is 5.75 Å². The second-order valence-electron chi connectivity index (χ2n) is 8.39. The van der Waals surface area contributed by atoms with Gasteiger partial charge in [-0.25, -0.2) is 9.78 Å². The molecule has 2 N–H and O–H groups in total. The minimum Gasteiger partial charge on any atom is -0.491 e. The first kappa shape index (κ1) is 21.8. The maximum absolute atomic E-state index is 13.1. The average molecular weight is 437 g/mol. The Bertz CT molecular complexity index is 1250. The van der Waals surface area contributed by atoms with Crippen LogP contribution in [0.4, 0.5) is 0 Å². The second-order valence-corrected chi connectivity index (χ2v) is 8.39. The van der Waals surface area contributed by atoms with Crippen LogP contribution in [0.2, 0.25) is 0 Å². The zero-order valence-corrected chi connectivity index (χ0v) is 18.6. The van der Waals surface area contributed by atoms with Crippen LogP contribution in [-0.4, -0.2) is 33.1 Å². The van der Waals surface area contributed by atoms with E-state index in [0.29, 0.717) is 19.5 Å². The standard InChI is InChI=1S/C24H28N4O4/c1-4-28-21-20(23(30)27-24(28)31)18(13-19(26-21)16-7-8-16)22(29)25-12-11-15-5-9-17(10-6-15)32-14(2)3/h5-6,9-10,13-14,16H,4,7-8,11-12H2,1-3H3,(H,25,29)(H,27,30,31). The molecule has 1 amide bonds. The number of benzene rings is 1. The van der Waals surface area contributed by atoms with Gasteiger partial charge in [0.1, 0.15) is 5.75 Å². The molecule has 0 bridgehead atoms. The minimum atomic E-state index is -0.588. The molecule has 0 spiro atoms. The van der Waals surface area contributed by atoms with Gasteiger partial charge in [-0.2, -0.15) is 0 Å². The van der Waals surface area contributed by atoms with Crippen LogP contribution in [0.3, 0.4) is 0 Å². The van der Waals surface area contributed by atoms with Crippen molar-refractivity contribution in [1.82, 2.24) is 19.9 Å². The van der Waals surface area contributed by atoms with Crippen LogP contribution >= 0.6 is 0 Å². The number of hydrogen-bond donors (Lipinski definition) is 2. The molecule has 0 atom stereocenters. The lowest BCUT2D eigenvalue weighted by Gasteiger charge is -2.13. The van der Waals surface area contributed by atoms with E-state index >= 15 is 0 Å². The third kappa shape index (κ3) is 4.59. The molecule has 0 aliphatic heterocycles. The van der Waals surface area contributed by atoms with E-state index in [0.717, 1.165) is 29.8 Å². The normalized spacial score (nSPS) is 13.5. The topological polar surface area (TPSA) is 106 Å². The number of nitrogens with zero attached hydrogens (tertiary/aromatic N) is 2. The van der Waals surface area contributed by atoms with Gasteiger partial charge < -0.3 is 10.1 Å². The van der Waals surface area contributed by atoms with Crippen LogP contribution in [-0.2, 0) is 13.0 Å². The van der Waals surface area contributed by atoms with Gasteiger partial charge in [-0.3, -0.25) is 19.1 Å². The molecule has 32 heavy (non-hydrogen) atoms. The molecule has 0 unspecified atom stereocenters. The number of amides is 1. The van der Waals surface area contributed by atoms with Crippen molar-refractivity contribution in [3.05, 3.63) is 68.0 Å². The fourth-order valence-electron chi connectivity index (χ4n) is 3.78. The summed E-state index contributed by atoms with van der Waals surface area (Å²) in [6, 6.07) is 9.48. The number of hydrogen-bond acceptors (Lipinski definition) is 5. The van der Waals surface area contributed by atoms with Crippen molar-refractivity contribution in [3.8, 4) is 5.75 Å². The maximum atomic E-state index is 13.1. The summed E-state index contributed by atoms with van der Waals surface area (Å²) in [4.78, 5) is 44.8. The molecular weight excluding hydrogens is 408 g/mol. The Morgan fingerprint density at radius 3 is 2.59 bits per heavy atom. The Labute approximate surface area is 185 Å². The lowest BCUT2D eigenvalue weighted by atomic mass is 10.1. The highest BCUT2D eigenvalue weighted by Crippen LogP contribution is 2.39. The van der Waals surface area contributed by atoms with Crippen molar-refractivity contribution < 1.29 is 9.53 Å². The quantitative estimate of drug-likeness (QED) is 0.565. The third-order valence-corrected chi connectivity index (χ3v) is 5.52. The Morgan fingerprint density at radius 1 is 1.25 bits per heavy atom. The molecule has 1 aromatic carbocycles. The fraction of sp³-hybridized carbons (Fsp3) is 0.417. The molecule has 1 saturated carbocycles. The van der Waals surface area contributed by atoms with Gasteiger partial charge in [-0.05, 0) is 63.8 Å². The number of carbonyl (C=O) groups is 1. The molecule has 8 heteroatoms. The van der Waals surface area contributed by atoms with E-state index in [1.54, 1.807) is 6.07 Å². The van der Waals surface area contributed by atoms with Gasteiger partial charge in [0.2, 0.25) is 0 Å². The average Bonchev–Trinajstić information content (AvgIpc) is 3.59. The number of nitrogens with one attached hydrogen (secondary N) is 2. The molecule has 1 fully saturated rings. The molecular formula is C24H28N4O4. The van der Waals surface area contributed by atoms with E-state index in [2.05, 4.69) is 15.3 Å². The Kier molecular flexibility index (Phi) is 6.12. The molecule has 3 aromatic rings. The summed E-state index contributed by atoms with van der Waals surface area (Å²) < 4.78 is 7.06. The zero-order valence-electron chi connectivity index (χ0n) is 18.6. The van der Waals surface area contributed by atoms with Gasteiger partial charge in [0.05, 0.1) is 17.1 Å². The monoisotopic (exact) mass is 436 g/mol. The minimum absolute atomic E-state index is 0.114. The number of H-pyrrole nitrogens is 1. The van der Waals surface area contributed by atoms with Gasteiger partial charge in [0, 0.05) is 24.7 Å². The van der Waals surface area contributed by atoms with Crippen molar-refractivity contribution in [2.24, 2.45) is 0 Å². The van der Waals surface area contributed by atoms with Gasteiger partial charge in [0.25, 0.3) is 11.5 Å². The molecule has 1 aliphatic rings. The number of aromatic amines is 1. The molecule has 8 nitrogen and oxygen atoms in total.